The Balaban J connectivity index is 0.00000180. The third-order valence-corrected chi connectivity index (χ3v) is 3.79. The first kappa shape index (κ1) is 17.9. The van der Waals surface area contributed by atoms with Crippen LogP contribution in [0.5, 0.6) is 11.5 Å². The fourth-order valence-electron chi connectivity index (χ4n) is 1.50. The minimum Gasteiger partial charge on any atom is -0.748 e. The van der Waals surface area contributed by atoms with E-state index in [9.17, 15) is 13.0 Å². The van der Waals surface area contributed by atoms with Gasteiger partial charge in [-0.15, -0.1) is 11.3 Å². The molecule has 0 saturated carbocycles. The Hall–Kier alpha value is 0.806. The molecule has 9 heteroatoms. The average Bonchev–Trinajstić information content (AvgIpc) is 2.74. The molecule has 19 heavy (non-hydrogen) atoms. The molecule has 0 bridgehead atoms. The predicted molar refractivity (Wildman–Crippen MR) is 64.2 cm³/mol. The molecule has 1 atom stereocenters. The van der Waals surface area contributed by atoms with E-state index in [1.807, 2.05) is 10.8 Å². The molecule has 1 aromatic rings. The van der Waals surface area contributed by atoms with Crippen LogP contribution in [-0.4, -0.2) is 44.6 Å². The summed E-state index contributed by atoms with van der Waals surface area (Å²) < 4.78 is 47.3. The maximum absolute atomic E-state index is 10.3. The van der Waals surface area contributed by atoms with Gasteiger partial charge in [0, 0.05) is 23.1 Å². The van der Waals surface area contributed by atoms with Crippen LogP contribution in [0.3, 0.4) is 0 Å². The molecule has 1 aliphatic heterocycles. The third-order valence-electron chi connectivity index (χ3n) is 2.30. The number of fused-ring (bicyclic) bond motifs is 1. The first-order valence-electron chi connectivity index (χ1n) is 5.41. The van der Waals surface area contributed by atoms with Crippen molar-refractivity contribution in [2.24, 2.45) is 0 Å². The third kappa shape index (κ3) is 6.40. The second-order valence-electron chi connectivity index (χ2n) is 3.84. The summed E-state index contributed by atoms with van der Waals surface area (Å²) in [5, 5.41) is 3.72. The molecule has 1 aliphatic rings. The van der Waals surface area contributed by atoms with Crippen molar-refractivity contribution >= 4 is 21.5 Å². The molecule has 1 unspecified atom stereocenters. The van der Waals surface area contributed by atoms with Crippen LogP contribution >= 0.6 is 11.3 Å². The van der Waals surface area contributed by atoms with E-state index < -0.39 is 15.9 Å². The molecule has 0 fully saturated rings. The van der Waals surface area contributed by atoms with E-state index in [-0.39, 0.29) is 70.5 Å². The normalized spacial score (nSPS) is 17.8. The van der Waals surface area contributed by atoms with Crippen LogP contribution in [0.25, 0.3) is 0 Å². The number of ether oxygens (including phenoxy) is 3. The number of hydrogen-bond donors (Lipinski definition) is 0. The minimum absolute atomic E-state index is 0. The zero-order valence-corrected chi connectivity index (χ0v) is 15.3. The Kier molecular flexibility index (Phi) is 7.80. The Labute approximate surface area is 158 Å². The Morgan fingerprint density at radius 1 is 1.42 bits per heavy atom. The van der Waals surface area contributed by atoms with Gasteiger partial charge in [0.1, 0.15) is 6.61 Å². The monoisotopic (exact) mass is 332 g/mol. The summed E-state index contributed by atoms with van der Waals surface area (Å²) in [6.07, 6.45) is -0.000655. The topological polar surface area (TPSA) is 84.9 Å². The van der Waals surface area contributed by atoms with Crippen molar-refractivity contribution in [1.29, 1.82) is 0 Å². The quantitative estimate of drug-likeness (QED) is 0.335. The molecule has 0 aliphatic carbocycles. The largest absolute Gasteiger partial charge is 1.00 e. The second-order valence-corrected chi connectivity index (χ2v) is 6.11. The predicted octanol–water partition coefficient (Wildman–Crippen LogP) is -2.16. The molecule has 0 radical (unpaired) electrons. The summed E-state index contributed by atoms with van der Waals surface area (Å²) >= 11 is 1.50. The fourth-order valence-corrected chi connectivity index (χ4v) is 2.64. The standard InChI is InChI=1S/C10H14O6S2.K/c11-18(12,13)3-1-2-14-4-8-5-15-9-6-17-7-10(9)16-8;/h6-8H,1-5H2,(H,11,12,13);/q;+1/p-1. The van der Waals surface area contributed by atoms with Gasteiger partial charge in [-0.1, -0.05) is 0 Å². The Bertz CT molecular complexity index is 486. The van der Waals surface area contributed by atoms with E-state index in [4.69, 9.17) is 14.2 Å². The average molecular weight is 332 g/mol. The van der Waals surface area contributed by atoms with Gasteiger partial charge in [-0.2, -0.15) is 0 Å². The van der Waals surface area contributed by atoms with E-state index in [1.165, 1.54) is 11.3 Å². The maximum Gasteiger partial charge on any atom is 1.00 e. The van der Waals surface area contributed by atoms with Crippen LogP contribution in [0.2, 0.25) is 0 Å². The number of rotatable bonds is 6. The van der Waals surface area contributed by atoms with Crippen LogP contribution in [0.4, 0.5) is 0 Å². The van der Waals surface area contributed by atoms with Gasteiger partial charge in [0.15, 0.2) is 17.6 Å². The molecular weight excluding hydrogens is 319 g/mol. The fraction of sp³-hybridized carbons (Fsp3) is 0.600. The zero-order valence-electron chi connectivity index (χ0n) is 10.5. The van der Waals surface area contributed by atoms with Crippen molar-refractivity contribution in [3.63, 3.8) is 0 Å². The van der Waals surface area contributed by atoms with Gasteiger partial charge >= 0.3 is 51.4 Å². The molecule has 0 spiro atoms. The van der Waals surface area contributed by atoms with Gasteiger partial charge in [0.25, 0.3) is 0 Å². The summed E-state index contributed by atoms with van der Waals surface area (Å²) in [5.74, 6) is 1.06. The summed E-state index contributed by atoms with van der Waals surface area (Å²) in [4.78, 5) is 0. The van der Waals surface area contributed by atoms with E-state index >= 15 is 0 Å². The summed E-state index contributed by atoms with van der Waals surface area (Å²) in [7, 11) is -4.15. The molecule has 102 valence electrons. The maximum atomic E-state index is 10.3. The molecule has 6 nitrogen and oxygen atoms in total. The molecule has 1 aromatic heterocycles. The van der Waals surface area contributed by atoms with Crippen molar-refractivity contribution in [3.05, 3.63) is 10.8 Å². The summed E-state index contributed by atoms with van der Waals surface area (Å²) in [5.41, 5.74) is 0. The summed E-state index contributed by atoms with van der Waals surface area (Å²) in [6, 6.07) is 0. The smallest absolute Gasteiger partial charge is 0.748 e. The van der Waals surface area contributed by atoms with Gasteiger partial charge < -0.3 is 18.8 Å². The van der Waals surface area contributed by atoms with Crippen LogP contribution < -0.4 is 60.9 Å². The molecule has 2 rings (SSSR count). The zero-order chi connectivity index (χ0) is 13.0. The Morgan fingerprint density at radius 3 is 2.89 bits per heavy atom. The number of thiophene rings is 1. The molecule has 0 aromatic carbocycles. The Morgan fingerprint density at radius 2 is 2.16 bits per heavy atom. The van der Waals surface area contributed by atoms with Gasteiger partial charge in [-0.25, -0.2) is 8.42 Å². The molecule has 0 amide bonds. The van der Waals surface area contributed by atoms with E-state index in [2.05, 4.69) is 0 Å². The second kappa shape index (κ2) is 8.30. The van der Waals surface area contributed by atoms with Crippen LogP contribution in [0, 0.1) is 0 Å². The van der Waals surface area contributed by atoms with Crippen molar-refractivity contribution in [1.82, 2.24) is 0 Å². The van der Waals surface area contributed by atoms with Crippen LogP contribution in [0.1, 0.15) is 6.42 Å². The molecule has 0 N–H and O–H groups in total. The van der Waals surface area contributed by atoms with E-state index in [1.54, 1.807) is 0 Å². The van der Waals surface area contributed by atoms with Crippen molar-refractivity contribution < 1.29 is 78.6 Å². The first-order chi connectivity index (χ1) is 8.54. The van der Waals surface area contributed by atoms with Gasteiger partial charge in [-0.3, -0.25) is 0 Å². The SMILES string of the molecule is O=S(=O)([O-])CCCOCC1COc2cscc2O1.[K+]. The minimum atomic E-state index is -4.15. The van der Waals surface area contributed by atoms with Crippen LogP contribution in [-0.2, 0) is 14.9 Å². The molecule has 0 saturated heterocycles. The van der Waals surface area contributed by atoms with Crippen molar-refractivity contribution in [2.75, 3.05) is 25.6 Å². The van der Waals surface area contributed by atoms with Crippen LogP contribution in [0.15, 0.2) is 10.8 Å². The van der Waals surface area contributed by atoms with E-state index in [0.717, 1.165) is 5.75 Å². The first-order valence-corrected chi connectivity index (χ1v) is 7.93. The van der Waals surface area contributed by atoms with E-state index in [0.29, 0.717) is 19.0 Å². The van der Waals surface area contributed by atoms with Gasteiger partial charge in [0.05, 0.1) is 16.7 Å². The van der Waals surface area contributed by atoms with Crippen molar-refractivity contribution in [2.45, 2.75) is 12.5 Å². The molecule has 2 heterocycles. The molecular formula is C10H13KO6S2. The summed E-state index contributed by atoms with van der Waals surface area (Å²) in [6.45, 7) is 0.940. The number of hydrogen-bond acceptors (Lipinski definition) is 7. The van der Waals surface area contributed by atoms with Gasteiger partial charge in [0.2, 0.25) is 0 Å². The van der Waals surface area contributed by atoms with Gasteiger partial charge in [-0.05, 0) is 6.42 Å². The van der Waals surface area contributed by atoms with Crippen molar-refractivity contribution in [3.8, 4) is 11.5 Å².